The summed E-state index contributed by atoms with van der Waals surface area (Å²) in [6.07, 6.45) is 5.49. The molecule has 0 aromatic heterocycles. The molecular formula is C15H27N. The Bertz CT molecular complexity index is 269. The van der Waals surface area contributed by atoms with Crippen LogP contribution in [0.25, 0.3) is 0 Å². The van der Waals surface area contributed by atoms with Crippen LogP contribution in [0, 0.1) is 16.7 Å². The van der Waals surface area contributed by atoms with Gasteiger partial charge in [-0.05, 0) is 36.5 Å². The average molecular weight is 221 g/mol. The van der Waals surface area contributed by atoms with Gasteiger partial charge in [-0.2, -0.15) is 0 Å². The Labute approximate surface area is 101 Å². The van der Waals surface area contributed by atoms with Crippen molar-refractivity contribution in [2.24, 2.45) is 16.7 Å². The SMILES string of the molecule is C=C(C(C(C)(C)C)C1(C)CC1)N1CCCC1. The number of hydrogen-bond acceptors (Lipinski definition) is 1. The maximum atomic E-state index is 4.44. The topological polar surface area (TPSA) is 3.24 Å². The summed E-state index contributed by atoms with van der Waals surface area (Å²) in [5.74, 6) is 0.665. The van der Waals surface area contributed by atoms with Gasteiger partial charge in [-0.3, -0.25) is 0 Å². The second kappa shape index (κ2) is 3.78. The van der Waals surface area contributed by atoms with E-state index < -0.39 is 0 Å². The van der Waals surface area contributed by atoms with Crippen LogP contribution in [0.3, 0.4) is 0 Å². The first-order valence-corrected chi connectivity index (χ1v) is 6.78. The van der Waals surface area contributed by atoms with Crippen molar-refractivity contribution in [2.75, 3.05) is 13.1 Å². The van der Waals surface area contributed by atoms with Gasteiger partial charge in [-0.15, -0.1) is 0 Å². The van der Waals surface area contributed by atoms with Gasteiger partial charge in [-0.1, -0.05) is 34.3 Å². The number of hydrogen-bond donors (Lipinski definition) is 0. The molecule has 1 saturated carbocycles. The molecule has 1 nitrogen and oxygen atoms in total. The lowest BCUT2D eigenvalue weighted by molar-refractivity contribution is 0.151. The van der Waals surface area contributed by atoms with Gasteiger partial charge in [0.05, 0.1) is 0 Å². The Balaban J connectivity index is 2.15. The molecule has 1 atom stereocenters. The molecule has 1 unspecified atom stereocenters. The zero-order valence-corrected chi connectivity index (χ0v) is 11.5. The second-order valence-corrected chi connectivity index (χ2v) is 7.14. The number of nitrogens with zero attached hydrogens (tertiary/aromatic N) is 1. The third kappa shape index (κ3) is 2.14. The maximum absolute atomic E-state index is 4.44. The van der Waals surface area contributed by atoms with E-state index in [-0.39, 0.29) is 0 Å². The van der Waals surface area contributed by atoms with Gasteiger partial charge < -0.3 is 4.90 Å². The third-order valence-electron chi connectivity index (χ3n) is 4.45. The van der Waals surface area contributed by atoms with E-state index in [0.717, 1.165) is 0 Å². The van der Waals surface area contributed by atoms with E-state index in [1.165, 1.54) is 44.5 Å². The molecule has 0 aromatic carbocycles. The molecule has 16 heavy (non-hydrogen) atoms. The zero-order chi connectivity index (χ0) is 12.0. The Morgan fingerprint density at radius 1 is 1.19 bits per heavy atom. The Morgan fingerprint density at radius 3 is 2.06 bits per heavy atom. The van der Waals surface area contributed by atoms with Crippen LogP contribution in [0.2, 0.25) is 0 Å². The molecule has 0 spiro atoms. The molecule has 1 heteroatoms. The van der Waals surface area contributed by atoms with Gasteiger partial charge in [0.15, 0.2) is 0 Å². The molecule has 1 saturated heterocycles. The second-order valence-electron chi connectivity index (χ2n) is 7.14. The molecule has 0 aromatic rings. The highest BCUT2D eigenvalue weighted by Crippen LogP contribution is 2.59. The van der Waals surface area contributed by atoms with E-state index in [2.05, 4.69) is 39.2 Å². The van der Waals surface area contributed by atoms with Crippen LogP contribution in [0.15, 0.2) is 12.3 Å². The highest BCUT2D eigenvalue weighted by molar-refractivity contribution is 5.15. The van der Waals surface area contributed by atoms with Gasteiger partial charge in [0.25, 0.3) is 0 Å². The first-order valence-electron chi connectivity index (χ1n) is 6.78. The van der Waals surface area contributed by atoms with Crippen molar-refractivity contribution in [1.82, 2.24) is 4.90 Å². The van der Waals surface area contributed by atoms with Crippen molar-refractivity contribution in [3.63, 3.8) is 0 Å². The minimum absolute atomic E-state index is 0.352. The van der Waals surface area contributed by atoms with Gasteiger partial charge in [0, 0.05) is 24.7 Å². The first kappa shape index (κ1) is 12.0. The summed E-state index contributed by atoms with van der Waals surface area (Å²) in [6, 6.07) is 0. The summed E-state index contributed by atoms with van der Waals surface area (Å²) >= 11 is 0. The molecule has 1 heterocycles. The van der Waals surface area contributed by atoms with Crippen LogP contribution >= 0.6 is 0 Å². The highest BCUT2D eigenvalue weighted by atomic mass is 15.2. The van der Waals surface area contributed by atoms with Crippen molar-refractivity contribution in [3.05, 3.63) is 12.3 Å². The monoisotopic (exact) mass is 221 g/mol. The number of rotatable bonds is 3. The van der Waals surface area contributed by atoms with E-state index in [1.807, 2.05) is 0 Å². The molecule has 1 aliphatic carbocycles. The molecule has 0 bridgehead atoms. The smallest absolute Gasteiger partial charge is 0.0175 e. The first-order chi connectivity index (χ1) is 7.34. The minimum Gasteiger partial charge on any atom is -0.375 e. The summed E-state index contributed by atoms with van der Waals surface area (Å²) in [4.78, 5) is 2.54. The quantitative estimate of drug-likeness (QED) is 0.694. The molecule has 2 fully saturated rings. The Hall–Kier alpha value is -0.460. The van der Waals surface area contributed by atoms with Crippen LogP contribution in [-0.2, 0) is 0 Å². The van der Waals surface area contributed by atoms with Crippen LogP contribution < -0.4 is 0 Å². The fourth-order valence-corrected chi connectivity index (χ4v) is 3.62. The normalized spacial score (nSPS) is 25.6. The van der Waals surface area contributed by atoms with Crippen molar-refractivity contribution < 1.29 is 0 Å². The lowest BCUT2D eigenvalue weighted by Crippen LogP contribution is -2.36. The lowest BCUT2D eigenvalue weighted by Gasteiger charge is -2.41. The van der Waals surface area contributed by atoms with Crippen molar-refractivity contribution >= 4 is 0 Å². The van der Waals surface area contributed by atoms with E-state index in [9.17, 15) is 0 Å². The molecule has 0 radical (unpaired) electrons. The molecular weight excluding hydrogens is 194 g/mol. The van der Waals surface area contributed by atoms with Crippen LogP contribution in [0.1, 0.15) is 53.4 Å². The fourth-order valence-electron chi connectivity index (χ4n) is 3.62. The third-order valence-corrected chi connectivity index (χ3v) is 4.45. The summed E-state index contributed by atoms with van der Waals surface area (Å²) in [6.45, 7) is 16.5. The Morgan fingerprint density at radius 2 is 1.69 bits per heavy atom. The summed E-state index contributed by atoms with van der Waals surface area (Å²) in [5.41, 5.74) is 2.31. The predicted octanol–water partition coefficient (Wildman–Crippen LogP) is 4.06. The zero-order valence-electron chi connectivity index (χ0n) is 11.5. The molecule has 1 aliphatic heterocycles. The van der Waals surface area contributed by atoms with Crippen LogP contribution in [-0.4, -0.2) is 18.0 Å². The highest BCUT2D eigenvalue weighted by Gasteiger charge is 2.51. The predicted molar refractivity (Wildman–Crippen MR) is 70.2 cm³/mol. The molecule has 0 amide bonds. The van der Waals surface area contributed by atoms with Crippen LogP contribution in [0.4, 0.5) is 0 Å². The molecule has 2 rings (SSSR count). The van der Waals surface area contributed by atoms with Crippen molar-refractivity contribution in [2.45, 2.75) is 53.4 Å². The van der Waals surface area contributed by atoms with Gasteiger partial charge in [0.2, 0.25) is 0 Å². The van der Waals surface area contributed by atoms with E-state index >= 15 is 0 Å². The van der Waals surface area contributed by atoms with Gasteiger partial charge >= 0.3 is 0 Å². The molecule has 2 aliphatic rings. The number of likely N-dealkylation sites (tertiary alicyclic amines) is 1. The van der Waals surface area contributed by atoms with Crippen LogP contribution in [0.5, 0.6) is 0 Å². The molecule has 92 valence electrons. The standard InChI is InChI=1S/C15H27N/c1-12(16-10-6-7-11-16)13(14(2,3)4)15(5)8-9-15/h13H,1,6-11H2,2-5H3. The van der Waals surface area contributed by atoms with Crippen molar-refractivity contribution in [1.29, 1.82) is 0 Å². The maximum Gasteiger partial charge on any atom is 0.0175 e. The lowest BCUT2D eigenvalue weighted by atomic mass is 9.70. The van der Waals surface area contributed by atoms with Crippen molar-refractivity contribution in [3.8, 4) is 0 Å². The van der Waals surface area contributed by atoms with E-state index in [0.29, 0.717) is 16.7 Å². The number of allylic oxidation sites excluding steroid dienone is 1. The minimum atomic E-state index is 0.352. The summed E-state index contributed by atoms with van der Waals surface area (Å²) < 4.78 is 0. The van der Waals surface area contributed by atoms with E-state index in [4.69, 9.17) is 0 Å². The Kier molecular flexibility index (Phi) is 2.84. The summed E-state index contributed by atoms with van der Waals surface area (Å²) in [5, 5.41) is 0. The van der Waals surface area contributed by atoms with Gasteiger partial charge in [0.1, 0.15) is 0 Å². The fraction of sp³-hybridized carbons (Fsp3) is 0.867. The average Bonchev–Trinajstić information content (AvgIpc) is 2.69. The molecule has 0 N–H and O–H groups in total. The van der Waals surface area contributed by atoms with E-state index in [1.54, 1.807) is 0 Å². The summed E-state index contributed by atoms with van der Waals surface area (Å²) in [7, 11) is 0. The largest absolute Gasteiger partial charge is 0.375 e. The van der Waals surface area contributed by atoms with Gasteiger partial charge in [-0.25, -0.2) is 0 Å².